The van der Waals surface area contributed by atoms with E-state index in [9.17, 15) is 9.59 Å². The molecule has 6 nitrogen and oxygen atoms in total. The highest BCUT2D eigenvalue weighted by Crippen LogP contribution is 2.24. The number of nitrogens with zero attached hydrogens (tertiary/aromatic N) is 3. The molecule has 2 heterocycles. The minimum Gasteiger partial charge on any atom is -0.331 e. The first-order valence-electron chi connectivity index (χ1n) is 7.46. The van der Waals surface area contributed by atoms with Gasteiger partial charge in [0.15, 0.2) is 0 Å². The Kier molecular flexibility index (Phi) is 5.27. The van der Waals surface area contributed by atoms with E-state index in [1.807, 2.05) is 20.8 Å². The number of piperidine rings is 1. The predicted molar refractivity (Wildman–Crippen MR) is 82.3 cm³/mol. The summed E-state index contributed by atoms with van der Waals surface area (Å²) in [5.74, 6) is 0.180. The van der Waals surface area contributed by atoms with Gasteiger partial charge in [0, 0.05) is 18.9 Å². The summed E-state index contributed by atoms with van der Waals surface area (Å²) in [5, 5.41) is 12.3. The Labute approximate surface area is 128 Å². The number of likely N-dealkylation sites (tertiary alicyclic amines) is 1. The molecular weight excluding hydrogens is 288 g/mol. The number of aromatic nitrogens is 2. The lowest BCUT2D eigenvalue weighted by molar-refractivity contribution is -0.140. The third-order valence-corrected chi connectivity index (χ3v) is 4.73. The fraction of sp³-hybridized carbons (Fsp3) is 0.714. The Bertz CT molecular complexity index is 515. The van der Waals surface area contributed by atoms with E-state index in [4.69, 9.17) is 0 Å². The van der Waals surface area contributed by atoms with Gasteiger partial charge in [0.1, 0.15) is 11.0 Å². The van der Waals surface area contributed by atoms with Crippen molar-refractivity contribution in [2.75, 3.05) is 11.9 Å². The topological polar surface area (TPSA) is 75.2 Å². The zero-order chi connectivity index (χ0) is 15.4. The third kappa shape index (κ3) is 3.78. The molecule has 1 saturated heterocycles. The number of anilines is 1. The van der Waals surface area contributed by atoms with Crippen LogP contribution in [0.4, 0.5) is 5.13 Å². The largest absolute Gasteiger partial charge is 0.331 e. The zero-order valence-electron chi connectivity index (χ0n) is 12.8. The molecule has 1 aliphatic heterocycles. The van der Waals surface area contributed by atoms with Crippen molar-refractivity contribution in [3.05, 3.63) is 5.01 Å². The number of hydrogen-bond donors (Lipinski definition) is 1. The van der Waals surface area contributed by atoms with E-state index >= 15 is 0 Å². The molecule has 2 rings (SSSR count). The predicted octanol–water partition coefficient (Wildman–Crippen LogP) is 2.39. The molecule has 7 heteroatoms. The van der Waals surface area contributed by atoms with Crippen molar-refractivity contribution in [3.8, 4) is 0 Å². The van der Waals surface area contributed by atoms with E-state index in [0.717, 1.165) is 17.8 Å². The Morgan fingerprint density at radius 3 is 2.76 bits per heavy atom. The van der Waals surface area contributed by atoms with Gasteiger partial charge in [0.25, 0.3) is 0 Å². The van der Waals surface area contributed by atoms with Gasteiger partial charge in [-0.15, -0.1) is 10.2 Å². The fourth-order valence-electron chi connectivity index (χ4n) is 2.41. The van der Waals surface area contributed by atoms with Gasteiger partial charge in [-0.2, -0.15) is 0 Å². The van der Waals surface area contributed by atoms with Crippen LogP contribution in [0.25, 0.3) is 0 Å². The van der Waals surface area contributed by atoms with Crippen LogP contribution in [0.1, 0.15) is 57.4 Å². The SMILES string of the molecule is CCC(=O)N1CCCCC1C(=O)Nc1nnc(C(C)C)s1. The second kappa shape index (κ2) is 6.98. The lowest BCUT2D eigenvalue weighted by atomic mass is 10.0. The van der Waals surface area contributed by atoms with Gasteiger partial charge in [0.2, 0.25) is 16.9 Å². The van der Waals surface area contributed by atoms with Gasteiger partial charge in [-0.3, -0.25) is 14.9 Å². The molecule has 1 N–H and O–H groups in total. The standard InChI is InChI=1S/C14H22N4O2S/c1-4-11(19)18-8-6-5-7-10(18)12(20)15-14-17-16-13(21-14)9(2)3/h9-10H,4-8H2,1-3H3,(H,15,17,20). The molecule has 1 unspecified atom stereocenters. The number of hydrogen-bond acceptors (Lipinski definition) is 5. The molecule has 0 saturated carbocycles. The summed E-state index contributed by atoms with van der Waals surface area (Å²) in [6.07, 6.45) is 3.08. The molecule has 1 aliphatic rings. The summed E-state index contributed by atoms with van der Waals surface area (Å²) in [4.78, 5) is 26.1. The van der Waals surface area contributed by atoms with Gasteiger partial charge in [-0.25, -0.2) is 0 Å². The second-order valence-electron chi connectivity index (χ2n) is 5.54. The van der Waals surface area contributed by atoms with Gasteiger partial charge >= 0.3 is 0 Å². The number of carbonyl (C=O) groups excluding carboxylic acids is 2. The van der Waals surface area contributed by atoms with E-state index in [-0.39, 0.29) is 17.9 Å². The maximum Gasteiger partial charge on any atom is 0.249 e. The highest BCUT2D eigenvalue weighted by molar-refractivity contribution is 7.15. The molecule has 0 aromatic carbocycles. The van der Waals surface area contributed by atoms with Crippen molar-refractivity contribution in [3.63, 3.8) is 0 Å². The molecule has 1 aromatic heterocycles. The lowest BCUT2D eigenvalue weighted by Gasteiger charge is -2.34. The molecular formula is C14H22N4O2S. The van der Waals surface area contributed by atoms with Crippen LogP contribution in [0.15, 0.2) is 0 Å². The highest BCUT2D eigenvalue weighted by Gasteiger charge is 2.31. The Morgan fingerprint density at radius 2 is 2.14 bits per heavy atom. The van der Waals surface area contributed by atoms with Gasteiger partial charge in [-0.05, 0) is 19.3 Å². The van der Waals surface area contributed by atoms with Gasteiger partial charge in [-0.1, -0.05) is 32.1 Å². The van der Waals surface area contributed by atoms with E-state index in [1.54, 1.807) is 4.90 Å². The Morgan fingerprint density at radius 1 is 1.38 bits per heavy atom. The van der Waals surface area contributed by atoms with Crippen molar-refractivity contribution < 1.29 is 9.59 Å². The molecule has 1 fully saturated rings. The number of carbonyl (C=O) groups is 2. The summed E-state index contributed by atoms with van der Waals surface area (Å²) < 4.78 is 0. The number of nitrogens with one attached hydrogen (secondary N) is 1. The van der Waals surface area contributed by atoms with Crippen LogP contribution in [0.3, 0.4) is 0 Å². The number of rotatable bonds is 4. The van der Waals surface area contributed by atoms with Crippen molar-refractivity contribution in [1.29, 1.82) is 0 Å². The first-order valence-corrected chi connectivity index (χ1v) is 8.28. The fourth-order valence-corrected chi connectivity index (χ4v) is 3.16. The summed E-state index contributed by atoms with van der Waals surface area (Å²) in [7, 11) is 0. The van der Waals surface area contributed by atoms with Crippen LogP contribution < -0.4 is 5.32 Å². The molecule has 116 valence electrons. The molecule has 0 bridgehead atoms. The minimum atomic E-state index is -0.377. The summed E-state index contributed by atoms with van der Waals surface area (Å²) in [5.41, 5.74) is 0. The van der Waals surface area contributed by atoms with Crippen molar-refractivity contribution in [2.24, 2.45) is 0 Å². The molecule has 0 aliphatic carbocycles. The van der Waals surface area contributed by atoms with Crippen LogP contribution in [0, 0.1) is 0 Å². The Balaban J connectivity index is 2.04. The smallest absolute Gasteiger partial charge is 0.249 e. The lowest BCUT2D eigenvalue weighted by Crippen LogP contribution is -2.49. The van der Waals surface area contributed by atoms with Crippen LogP contribution in [-0.2, 0) is 9.59 Å². The van der Waals surface area contributed by atoms with E-state index in [2.05, 4.69) is 15.5 Å². The van der Waals surface area contributed by atoms with Crippen molar-refractivity contribution in [1.82, 2.24) is 15.1 Å². The highest BCUT2D eigenvalue weighted by atomic mass is 32.1. The van der Waals surface area contributed by atoms with Crippen molar-refractivity contribution >= 4 is 28.3 Å². The van der Waals surface area contributed by atoms with E-state index in [0.29, 0.717) is 30.4 Å². The third-order valence-electron chi connectivity index (χ3n) is 3.59. The van der Waals surface area contributed by atoms with Crippen molar-refractivity contribution in [2.45, 2.75) is 58.4 Å². The second-order valence-corrected chi connectivity index (χ2v) is 6.55. The molecule has 0 spiro atoms. The monoisotopic (exact) mass is 310 g/mol. The molecule has 0 radical (unpaired) electrons. The number of amides is 2. The molecule has 1 atom stereocenters. The maximum atomic E-state index is 12.4. The summed E-state index contributed by atoms with van der Waals surface area (Å²) >= 11 is 1.39. The maximum absolute atomic E-state index is 12.4. The van der Waals surface area contributed by atoms with Gasteiger partial charge in [0.05, 0.1) is 0 Å². The summed E-state index contributed by atoms with van der Waals surface area (Å²) in [6.45, 7) is 6.56. The first-order chi connectivity index (χ1) is 10.0. The Hall–Kier alpha value is -1.50. The average Bonchev–Trinajstić information content (AvgIpc) is 2.95. The van der Waals surface area contributed by atoms with Crippen LogP contribution in [-0.4, -0.2) is 39.5 Å². The normalized spacial score (nSPS) is 18.9. The first kappa shape index (κ1) is 15.9. The molecule has 21 heavy (non-hydrogen) atoms. The van der Waals surface area contributed by atoms with Crippen LogP contribution in [0.5, 0.6) is 0 Å². The molecule has 2 amide bonds. The molecule has 1 aromatic rings. The van der Waals surface area contributed by atoms with Crippen LogP contribution >= 0.6 is 11.3 Å². The van der Waals surface area contributed by atoms with Gasteiger partial charge < -0.3 is 4.90 Å². The van der Waals surface area contributed by atoms with Crippen LogP contribution in [0.2, 0.25) is 0 Å². The zero-order valence-corrected chi connectivity index (χ0v) is 13.6. The average molecular weight is 310 g/mol. The van der Waals surface area contributed by atoms with E-state index in [1.165, 1.54) is 11.3 Å². The quantitative estimate of drug-likeness (QED) is 0.926. The summed E-state index contributed by atoms with van der Waals surface area (Å²) in [6, 6.07) is -0.377. The minimum absolute atomic E-state index is 0.0370. The van der Waals surface area contributed by atoms with E-state index < -0.39 is 0 Å².